The number of hydrogen-bond acceptors (Lipinski definition) is 1. The van der Waals surface area contributed by atoms with Gasteiger partial charge in [-0.15, -0.1) is 6.58 Å². The Hall–Kier alpha value is -0.300. The van der Waals surface area contributed by atoms with Gasteiger partial charge < -0.3 is 5.32 Å². The van der Waals surface area contributed by atoms with E-state index in [4.69, 9.17) is 0 Å². The first-order chi connectivity index (χ1) is 9.33. The summed E-state index contributed by atoms with van der Waals surface area (Å²) in [6.07, 6.45) is 10.3. The van der Waals surface area contributed by atoms with Crippen LogP contribution in [0.5, 0.6) is 0 Å². The fraction of sp³-hybridized carbons (Fsp3) is 0.895. The second kappa shape index (κ2) is 8.22. The zero-order valence-corrected chi connectivity index (χ0v) is 14.5. The van der Waals surface area contributed by atoms with Crippen molar-refractivity contribution in [3.05, 3.63) is 12.7 Å². The maximum absolute atomic E-state index is 3.86. The van der Waals surface area contributed by atoms with Crippen molar-refractivity contribution in [1.82, 2.24) is 5.32 Å². The molecule has 3 atom stereocenters. The molecular weight excluding hydrogens is 242 g/mol. The minimum atomic E-state index is 0.251. The van der Waals surface area contributed by atoms with E-state index in [1.165, 1.54) is 45.1 Å². The molecule has 1 heteroatoms. The molecule has 0 bridgehead atoms. The SMILES string of the molecule is C=CCCCC1CC(C(C)C)CCC1CNC(C)(C)C. The van der Waals surface area contributed by atoms with E-state index in [0.29, 0.717) is 0 Å². The predicted octanol–water partition coefficient (Wildman–Crippen LogP) is 5.42. The van der Waals surface area contributed by atoms with E-state index >= 15 is 0 Å². The Balaban J connectivity index is 2.53. The Labute approximate surface area is 127 Å². The van der Waals surface area contributed by atoms with Crippen LogP contribution in [0.2, 0.25) is 0 Å². The average Bonchev–Trinajstić information content (AvgIpc) is 2.36. The topological polar surface area (TPSA) is 12.0 Å². The zero-order chi connectivity index (χ0) is 15.2. The van der Waals surface area contributed by atoms with E-state index in [-0.39, 0.29) is 5.54 Å². The van der Waals surface area contributed by atoms with E-state index in [1.807, 2.05) is 0 Å². The fourth-order valence-electron chi connectivity index (χ4n) is 3.55. The van der Waals surface area contributed by atoms with Crippen molar-refractivity contribution in [3.63, 3.8) is 0 Å². The highest BCUT2D eigenvalue weighted by Crippen LogP contribution is 2.39. The molecule has 1 nitrogen and oxygen atoms in total. The van der Waals surface area contributed by atoms with Crippen molar-refractivity contribution in [3.8, 4) is 0 Å². The molecule has 0 aromatic rings. The van der Waals surface area contributed by atoms with Gasteiger partial charge >= 0.3 is 0 Å². The normalized spacial score (nSPS) is 27.8. The molecule has 1 aliphatic rings. The first kappa shape index (κ1) is 17.8. The van der Waals surface area contributed by atoms with Gasteiger partial charge in [0.05, 0.1) is 0 Å². The van der Waals surface area contributed by atoms with Crippen LogP contribution in [-0.4, -0.2) is 12.1 Å². The van der Waals surface area contributed by atoms with E-state index in [2.05, 4.69) is 52.6 Å². The molecule has 0 aromatic heterocycles. The standard InChI is InChI=1S/C19H37N/c1-7-8-9-10-17-13-16(15(2)3)11-12-18(17)14-20-19(4,5)6/h7,15-18,20H,1,8-14H2,2-6H3. The van der Waals surface area contributed by atoms with Gasteiger partial charge in [0.25, 0.3) is 0 Å². The Morgan fingerprint density at radius 1 is 1.20 bits per heavy atom. The van der Waals surface area contributed by atoms with Crippen molar-refractivity contribution in [2.24, 2.45) is 23.7 Å². The first-order valence-electron chi connectivity index (χ1n) is 8.69. The van der Waals surface area contributed by atoms with E-state index < -0.39 is 0 Å². The molecule has 0 saturated heterocycles. The van der Waals surface area contributed by atoms with Crippen LogP contribution in [0.4, 0.5) is 0 Å². The molecular formula is C19H37N. The molecule has 0 heterocycles. The van der Waals surface area contributed by atoms with Gasteiger partial charge in [-0.05, 0) is 89.5 Å². The number of rotatable bonds is 7. The number of unbranched alkanes of at least 4 members (excludes halogenated alkanes) is 1. The van der Waals surface area contributed by atoms with E-state index in [1.54, 1.807) is 0 Å². The molecule has 0 aliphatic heterocycles. The molecule has 20 heavy (non-hydrogen) atoms. The van der Waals surface area contributed by atoms with Crippen LogP contribution in [0, 0.1) is 23.7 Å². The lowest BCUT2D eigenvalue weighted by molar-refractivity contribution is 0.130. The van der Waals surface area contributed by atoms with E-state index in [9.17, 15) is 0 Å². The van der Waals surface area contributed by atoms with Gasteiger partial charge in [-0.25, -0.2) is 0 Å². The predicted molar refractivity (Wildman–Crippen MR) is 91.0 cm³/mol. The Morgan fingerprint density at radius 3 is 2.45 bits per heavy atom. The second-order valence-corrected chi connectivity index (χ2v) is 8.19. The van der Waals surface area contributed by atoms with Gasteiger partial charge in [0, 0.05) is 5.54 Å². The van der Waals surface area contributed by atoms with Gasteiger partial charge in [0.2, 0.25) is 0 Å². The molecule has 0 aromatic carbocycles. The lowest BCUT2D eigenvalue weighted by Crippen LogP contribution is -2.42. The summed E-state index contributed by atoms with van der Waals surface area (Å²) in [5, 5.41) is 3.74. The fourth-order valence-corrected chi connectivity index (χ4v) is 3.55. The van der Waals surface area contributed by atoms with Crippen molar-refractivity contribution >= 4 is 0 Å². The van der Waals surface area contributed by atoms with Crippen molar-refractivity contribution in [2.45, 2.75) is 78.7 Å². The monoisotopic (exact) mass is 279 g/mol. The van der Waals surface area contributed by atoms with Crippen molar-refractivity contribution < 1.29 is 0 Å². The minimum Gasteiger partial charge on any atom is -0.312 e. The molecule has 0 amide bonds. The molecule has 118 valence electrons. The maximum Gasteiger partial charge on any atom is 0.00966 e. The molecule has 1 rings (SSSR count). The second-order valence-electron chi connectivity index (χ2n) is 8.19. The van der Waals surface area contributed by atoms with Crippen molar-refractivity contribution in [2.75, 3.05) is 6.54 Å². The lowest BCUT2D eigenvalue weighted by atomic mass is 9.69. The highest BCUT2D eigenvalue weighted by Gasteiger charge is 2.31. The van der Waals surface area contributed by atoms with Crippen LogP contribution in [0.15, 0.2) is 12.7 Å². The Morgan fingerprint density at radius 2 is 1.90 bits per heavy atom. The van der Waals surface area contributed by atoms with Crippen LogP contribution >= 0.6 is 0 Å². The minimum absolute atomic E-state index is 0.251. The lowest BCUT2D eigenvalue weighted by Gasteiger charge is -2.39. The van der Waals surface area contributed by atoms with Gasteiger partial charge in [0.1, 0.15) is 0 Å². The summed E-state index contributed by atoms with van der Waals surface area (Å²) < 4.78 is 0. The van der Waals surface area contributed by atoms with Gasteiger partial charge in [-0.3, -0.25) is 0 Å². The maximum atomic E-state index is 3.86. The first-order valence-corrected chi connectivity index (χ1v) is 8.69. The Bertz CT molecular complexity index is 274. The van der Waals surface area contributed by atoms with Crippen LogP contribution in [0.25, 0.3) is 0 Å². The summed E-state index contributed by atoms with van der Waals surface area (Å²) >= 11 is 0. The quantitative estimate of drug-likeness (QED) is 0.485. The van der Waals surface area contributed by atoms with E-state index in [0.717, 1.165) is 23.7 Å². The summed E-state index contributed by atoms with van der Waals surface area (Å²) in [6.45, 7) is 16.7. The zero-order valence-electron chi connectivity index (χ0n) is 14.5. The summed E-state index contributed by atoms with van der Waals surface area (Å²) in [6, 6.07) is 0. The average molecular weight is 280 g/mol. The smallest absolute Gasteiger partial charge is 0.00966 e. The van der Waals surface area contributed by atoms with Gasteiger partial charge in [0.15, 0.2) is 0 Å². The number of hydrogen-bond donors (Lipinski definition) is 1. The van der Waals surface area contributed by atoms with Crippen LogP contribution in [0.1, 0.15) is 73.1 Å². The highest BCUT2D eigenvalue weighted by molar-refractivity contribution is 4.85. The number of allylic oxidation sites excluding steroid dienone is 1. The van der Waals surface area contributed by atoms with Crippen LogP contribution in [-0.2, 0) is 0 Å². The number of nitrogens with one attached hydrogen (secondary N) is 1. The third-order valence-corrected chi connectivity index (χ3v) is 5.00. The largest absolute Gasteiger partial charge is 0.312 e. The molecule has 0 radical (unpaired) electrons. The van der Waals surface area contributed by atoms with Gasteiger partial charge in [-0.1, -0.05) is 19.9 Å². The van der Waals surface area contributed by atoms with Crippen LogP contribution in [0.3, 0.4) is 0 Å². The molecule has 3 unspecified atom stereocenters. The summed E-state index contributed by atoms with van der Waals surface area (Å²) in [7, 11) is 0. The molecule has 0 spiro atoms. The summed E-state index contributed by atoms with van der Waals surface area (Å²) in [5.41, 5.74) is 0.251. The molecule has 1 saturated carbocycles. The highest BCUT2D eigenvalue weighted by atomic mass is 14.9. The molecule has 1 aliphatic carbocycles. The Kier molecular flexibility index (Phi) is 7.29. The molecule has 1 N–H and O–H groups in total. The third kappa shape index (κ3) is 6.43. The van der Waals surface area contributed by atoms with Gasteiger partial charge in [-0.2, -0.15) is 0 Å². The summed E-state index contributed by atoms with van der Waals surface area (Å²) in [5.74, 6) is 3.61. The molecule has 1 fully saturated rings. The third-order valence-electron chi connectivity index (χ3n) is 5.00. The van der Waals surface area contributed by atoms with Crippen molar-refractivity contribution in [1.29, 1.82) is 0 Å². The van der Waals surface area contributed by atoms with Crippen LogP contribution < -0.4 is 5.32 Å². The summed E-state index contributed by atoms with van der Waals surface area (Å²) in [4.78, 5) is 0.